The molecular weight excluding hydrogens is 184 g/mol. The van der Waals surface area contributed by atoms with Crippen LogP contribution in [0.15, 0.2) is 0 Å². The van der Waals surface area contributed by atoms with Gasteiger partial charge in [0.15, 0.2) is 0 Å². The zero-order chi connectivity index (χ0) is 11.7. The normalized spacial score (nSPS) is 17.4. The van der Waals surface area contributed by atoms with Crippen LogP contribution in [0.1, 0.15) is 66.2 Å². The van der Waals surface area contributed by atoms with Crippen LogP contribution in [0.2, 0.25) is 0 Å². The number of rotatable bonds is 9. The molecule has 3 N–H and O–H groups in total. The van der Waals surface area contributed by atoms with Crippen molar-refractivity contribution in [3.8, 4) is 0 Å². The Hall–Kier alpha value is -0.0800. The van der Waals surface area contributed by atoms with Crippen molar-refractivity contribution in [1.82, 2.24) is 5.43 Å². The van der Waals surface area contributed by atoms with Gasteiger partial charge >= 0.3 is 0 Å². The number of hydrogen-bond donors (Lipinski definition) is 2. The van der Waals surface area contributed by atoms with Crippen LogP contribution in [-0.4, -0.2) is 6.04 Å². The van der Waals surface area contributed by atoms with E-state index < -0.39 is 0 Å². The van der Waals surface area contributed by atoms with E-state index in [1.807, 2.05) is 0 Å². The fourth-order valence-electron chi connectivity index (χ4n) is 2.19. The molecule has 0 rings (SSSR count). The monoisotopic (exact) mass is 214 g/mol. The third-order valence-electron chi connectivity index (χ3n) is 3.60. The molecule has 0 spiro atoms. The van der Waals surface area contributed by atoms with Crippen LogP contribution >= 0.6 is 0 Å². The summed E-state index contributed by atoms with van der Waals surface area (Å²) in [4.78, 5) is 0. The summed E-state index contributed by atoms with van der Waals surface area (Å²) in [5.74, 6) is 7.15. The Kier molecular flexibility index (Phi) is 9.12. The minimum Gasteiger partial charge on any atom is -0.271 e. The van der Waals surface area contributed by atoms with Crippen LogP contribution < -0.4 is 11.3 Å². The summed E-state index contributed by atoms with van der Waals surface area (Å²) in [6.45, 7) is 9.14. The fraction of sp³-hybridized carbons (Fsp3) is 1.00. The lowest BCUT2D eigenvalue weighted by atomic mass is 9.84. The molecule has 0 aromatic rings. The predicted molar refractivity (Wildman–Crippen MR) is 68.5 cm³/mol. The van der Waals surface area contributed by atoms with E-state index in [4.69, 9.17) is 5.84 Å². The summed E-state index contributed by atoms with van der Waals surface area (Å²) in [6, 6.07) is 0.455. The topological polar surface area (TPSA) is 38.0 Å². The number of hydrazine groups is 1. The van der Waals surface area contributed by atoms with Gasteiger partial charge in [-0.15, -0.1) is 0 Å². The van der Waals surface area contributed by atoms with E-state index in [2.05, 4.69) is 33.1 Å². The van der Waals surface area contributed by atoms with E-state index in [-0.39, 0.29) is 0 Å². The maximum Gasteiger partial charge on any atom is 0.0182 e. The minimum absolute atomic E-state index is 0.455. The Morgan fingerprint density at radius 1 is 1.07 bits per heavy atom. The zero-order valence-corrected chi connectivity index (χ0v) is 11.1. The molecule has 1 unspecified atom stereocenters. The lowest BCUT2D eigenvalue weighted by molar-refractivity contribution is 0.286. The first-order chi connectivity index (χ1) is 7.15. The molecule has 0 aliphatic rings. The van der Waals surface area contributed by atoms with Gasteiger partial charge in [0.25, 0.3) is 0 Å². The molecule has 92 valence electrons. The standard InChI is InChI=1S/C13H30N2/c1-5-7-8-13(6-2)11(3)9-10-12(4)15-14/h11-13,15H,5-10,14H2,1-4H3/t11-,12-,13?/m1/s1. The van der Waals surface area contributed by atoms with Crippen LogP contribution in [0.5, 0.6) is 0 Å². The van der Waals surface area contributed by atoms with Crippen molar-refractivity contribution >= 4 is 0 Å². The van der Waals surface area contributed by atoms with Gasteiger partial charge in [0.2, 0.25) is 0 Å². The van der Waals surface area contributed by atoms with Crippen molar-refractivity contribution < 1.29 is 0 Å². The van der Waals surface area contributed by atoms with Crippen molar-refractivity contribution in [3.05, 3.63) is 0 Å². The molecule has 2 heteroatoms. The summed E-state index contributed by atoms with van der Waals surface area (Å²) >= 11 is 0. The second kappa shape index (κ2) is 9.17. The molecule has 0 aromatic carbocycles. The molecule has 0 bridgehead atoms. The Labute approximate surface area is 96.0 Å². The molecule has 0 fully saturated rings. The Bertz CT molecular complexity index is 136. The molecule has 0 aliphatic carbocycles. The van der Waals surface area contributed by atoms with Gasteiger partial charge in [0.05, 0.1) is 0 Å². The van der Waals surface area contributed by atoms with Crippen molar-refractivity contribution in [2.45, 2.75) is 72.3 Å². The Morgan fingerprint density at radius 2 is 1.73 bits per heavy atom. The lowest BCUT2D eigenvalue weighted by Gasteiger charge is -2.23. The summed E-state index contributed by atoms with van der Waals surface area (Å²) in [5, 5.41) is 0. The molecule has 0 saturated heterocycles. The second-order valence-corrected chi connectivity index (χ2v) is 4.93. The van der Waals surface area contributed by atoms with E-state index in [0.29, 0.717) is 6.04 Å². The van der Waals surface area contributed by atoms with Gasteiger partial charge in [0.1, 0.15) is 0 Å². The van der Waals surface area contributed by atoms with Crippen LogP contribution in [0.25, 0.3) is 0 Å². The summed E-state index contributed by atoms with van der Waals surface area (Å²) in [5.41, 5.74) is 2.82. The second-order valence-electron chi connectivity index (χ2n) is 4.93. The molecule has 15 heavy (non-hydrogen) atoms. The smallest absolute Gasteiger partial charge is 0.0182 e. The van der Waals surface area contributed by atoms with E-state index in [1.165, 1.54) is 38.5 Å². The first kappa shape index (κ1) is 14.9. The zero-order valence-electron chi connectivity index (χ0n) is 11.1. The Morgan fingerprint density at radius 3 is 2.20 bits per heavy atom. The number of unbranched alkanes of at least 4 members (excludes halogenated alkanes) is 1. The highest BCUT2D eigenvalue weighted by molar-refractivity contribution is 4.68. The van der Waals surface area contributed by atoms with Gasteiger partial charge in [-0.25, -0.2) is 0 Å². The highest BCUT2D eigenvalue weighted by Gasteiger charge is 2.15. The largest absolute Gasteiger partial charge is 0.271 e. The highest BCUT2D eigenvalue weighted by Crippen LogP contribution is 2.25. The van der Waals surface area contributed by atoms with Crippen LogP contribution in [-0.2, 0) is 0 Å². The van der Waals surface area contributed by atoms with Gasteiger partial charge in [0, 0.05) is 6.04 Å². The minimum atomic E-state index is 0.455. The van der Waals surface area contributed by atoms with Crippen molar-refractivity contribution in [2.75, 3.05) is 0 Å². The van der Waals surface area contributed by atoms with Crippen LogP contribution in [0.4, 0.5) is 0 Å². The maximum absolute atomic E-state index is 5.40. The van der Waals surface area contributed by atoms with E-state index in [9.17, 15) is 0 Å². The van der Waals surface area contributed by atoms with Crippen LogP contribution in [0.3, 0.4) is 0 Å². The number of hydrogen-bond acceptors (Lipinski definition) is 2. The molecular formula is C13H30N2. The third-order valence-corrected chi connectivity index (χ3v) is 3.60. The van der Waals surface area contributed by atoms with Crippen LogP contribution in [0, 0.1) is 11.8 Å². The molecule has 0 aromatic heterocycles. The highest BCUT2D eigenvalue weighted by atomic mass is 15.2. The van der Waals surface area contributed by atoms with Gasteiger partial charge < -0.3 is 0 Å². The average Bonchev–Trinajstić information content (AvgIpc) is 2.26. The maximum atomic E-state index is 5.40. The molecule has 0 amide bonds. The molecule has 2 nitrogen and oxygen atoms in total. The van der Waals surface area contributed by atoms with Gasteiger partial charge in [-0.2, -0.15) is 0 Å². The van der Waals surface area contributed by atoms with Crippen molar-refractivity contribution in [2.24, 2.45) is 17.7 Å². The molecule has 0 saturated carbocycles. The first-order valence-corrected chi connectivity index (χ1v) is 6.61. The molecule has 0 heterocycles. The quantitative estimate of drug-likeness (QED) is 0.455. The van der Waals surface area contributed by atoms with E-state index >= 15 is 0 Å². The Balaban J connectivity index is 3.76. The predicted octanol–water partition coefficient (Wildman–Crippen LogP) is 3.47. The fourth-order valence-corrected chi connectivity index (χ4v) is 2.19. The lowest BCUT2D eigenvalue weighted by Crippen LogP contribution is -2.32. The average molecular weight is 214 g/mol. The molecule has 3 atom stereocenters. The first-order valence-electron chi connectivity index (χ1n) is 6.61. The number of nitrogens with two attached hydrogens (primary N) is 1. The number of nitrogens with one attached hydrogen (secondary N) is 1. The van der Waals surface area contributed by atoms with Gasteiger partial charge in [-0.1, -0.05) is 46.5 Å². The molecule has 0 aliphatic heterocycles. The van der Waals surface area contributed by atoms with E-state index in [1.54, 1.807) is 0 Å². The van der Waals surface area contributed by atoms with Crippen molar-refractivity contribution in [3.63, 3.8) is 0 Å². The third kappa shape index (κ3) is 6.91. The molecule has 0 radical (unpaired) electrons. The van der Waals surface area contributed by atoms with E-state index in [0.717, 1.165) is 11.8 Å². The van der Waals surface area contributed by atoms with Gasteiger partial charge in [-0.3, -0.25) is 11.3 Å². The summed E-state index contributed by atoms with van der Waals surface area (Å²) in [6.07, 6.45) is 7.93. The summed E-state index contributed by atoms with van der Waals surface area (Å²) in [7, 11) is 0. The summed E-state index contributed by atoms with van der Waals surface area (Å²) < 4.78 is 0. The van der Waals surface area contributed by atoms with Crippen molar-refractivity contribution in [1.29, 1.82) is 0 Å². The SMILES string of the molecule is CCCCC(CC)[C@H](C)CC[C@@H](C)NN. The van der Waals surface area contributed by atoms with Gasteiger partial charge in [-0.05, 0) is 31.6 Å².